The molecule has 11 nitrogen and oxygen atoms in total. The molecular weight excluding hydrogens is 332 g/mol. The number of methoxy groups -OCH3 is 1. The van der Waals surface area contributed by atoms with Gasteiger partial charge in [-0.15, -0.1) is 0 Å². The van der Waals surface area contributed by atoms with Crippen LogP contribution in [0, 0.1) is 0 Å². The molecule has 2 saturated heterocycles. The number of aliphatic hydroxyl groups excluding tert-OH is 7. The lowest BCUT2D eigenvalue weighted by Crippen LogP contribution is -2.64. The largest absolute Gasteiger partial charge is 0.394 e. The zero-order valence-electron chi connectivity index (χ0n) is 13.0. The van der Waals surface area contributed by atoms with Crippen molar-refractivity contribution in [3.05, 3.63) is 0 Å². The van der Waals surface area contributed by atoms with Gasteiger partial charge in [-0.3, -0.25) is 0 Å². The van der Waals surface area contributed by atoms with E-state index >= 15 is 0 Å². The quantitative estimate of drug-likeness (QED) is 0.251. The lowest BCUT2D eigenvalue weighted by Gasteiger charge is -2.45. The van der Waals surface area contributed by atoms with Crippen LogP contribution in [0.1, 0.15) is 0 Å². The summed E-state index contributed by atoms with van der Waals surface area (Å²) in [4.78, 5) is 0. The Morgan fingerprint density at radius 2 is 1.25 bits per heavy atom. The van der Waals surface area contributed by atoms with E-state index in [-0.39, 0.29) is 0 Å². The fraction of sp³-hybridized carbons (Fsp3) is 1.00. The summed E-state index contributed by atoms with van der Waals surface area (Å²) in [5.74, 6) is 0. The maximum atomic E-state index is 10.2. The van der Waals surface area contributed by atoms with Crippen molar-refractivity contribution in [2.24, 2.45) is 0 Å². The number of hydrogen-bond acceptors (Lipinski definition) is 11. The SMILES string of the molecule is CO[C@H]1OC(CO)[C@@H](O[C@@H]2OC(CO)[C@@H](O)C(O)C2O)C(O)C1O. The lowest BCUT2D eigenvalue weighted by atomic mass is 9.97. The first-order valence-corrected chi connectivity index (χ1v) is 7.46. The molecule has 2 rings (SSSR count). The van der Waals surface area contributed by atoms with Crippen LogP contribution in [-0.2, 0) is 18.9 Å². The number of ether oxygens (including phenoxy) is 4. The highest BCUT2D eigenvalue weighted by Gasteiger charge is 2.50. The van der Waals surface area contributed by atoms with E-state index < -0.39 is 74.6 Å². The Hall–Kier alpha value is -0.440. The van der Waals surface area contributed by atoms with Crippen LogP contribution >= 0.6 is 0 Å². The summed E-state index contributed by atoms with van der Waals surface area (Å²) in [5, 5.41) is 68.0. The van der Waals surface area contributed by atoms with Gasteiger partial charge in [-0.25, -0.2) is 0 Å². The van der Waals surface area contributed by atoms with Crippen LogP contribution in [0.3, 0.4) is 0 Å². The van der Waals surface area contributed by atoms with Crippen molar-refractivity contribution in [2.45, 2.75) is 61.4 Å². The zero-order chi connectivity index (χ0) is 18.0. The molecular formula is C13H24O11. The lowest BCUT2D eigenvalue weighted by molar-refractivity contribution is -0.357. The predicted molar refractivity (Wildman–Crippen MR) is 73.4 cm³/mol. The molecule has 24 heavy (non-hydrogen) atoms. The molecule has 2 heterocycles. The third kappa shape index (κ3) is 3.71. The average molecular weight is 356 g/mol. The molecule has 2 fully saturated rings. The molecule has 11 heteroatoms. The average Bonchev–Trinajstić information content (AvgIpc) is 2.59. The van der Waals surface area contributed by atoms with Gasteiger partial charge in [0.05, 0.1) is 13.2 Å². The smallest absolute Gasteiger partial charge is 0.187 e. The molecule has 6 unspecified atom stereocenters. The Morgan fingerprint density at radius 3 is 1.79 bits per heavy atom. The molecule has 0 amide bonds. The predicted octanol–water partition coefficient (Wildman–Crippen LogP) is -4.74. The van der Waals surface area contributed by atoms with E-state index in [1.807, 2.05) is 0 Å². The van der Waals surface area contributed by atoms with E-state index in [0.717, 1.165) is 0 Å². The molecule has 0 saturated carbocycles. The monoisotopic (exact) mass is 356 g/mol. The summed E-state index contributed by atoms with van der Waals surface area (Å²) in [6.45, 7) is -1.24. The Kier molecular flexibility index (Phi) is 6.87. The maximum Gasteiger partial charge on any atom is 0.187 e. The van der Waals surface area contributed by atoms with Gasteiger partial charge in [0.25, 0.3) is 0 Å². The summed E-state index contributed by atoms with van der Waals surface area (Å²) < 4.78 is 20.6. The van der Waals surface area contributed by atoms with Crippen LogP contribution in [-0.4, -0.2) is 117 Å². The van der Waals surface area contributed by atoms with Crippen molar-refractivity contribution >= 4 is 0 Å². The summed E-state index contributed by atoms with van der Waals surface area (Å²) in [6, 6.07) is 0. The van der Waals surface area contributed by atoms with Gasteiger partial charge in [-0.2, -0.15) is 0 Å². The minimum Gasteiger partial charge on any atom is -0.394 e. The summed E-state index contributed by atoms with van der Waals surface area (Å²) >= 11 is 0. The van der Waals surface area contributed by atoms with Crippen molar-refractivity contribution in [3.63, 3.8) is 0 Å². The Bertz CT molecular complexity index is 392. The van der Waals surface area contributed by atoms with E-state index in [0.29, 0.717) is 0 Å². The molecule has 0 aromatic rings. The van der Waals surface area contributed by atoms with E-state index in [1.54, 1.807) is 0 Å². The first-order chi connectivity index (χ1) is 11.3. The normalized spacial score (nSPS) is 50.0. The minimum absolute atomic E-state index is 0.592. The first kappa shape index (κ1) is 19.9. The van der Waals surface area contributed by atoms with Crippen molar-refractivity contribution in [2.75, 3.05) is 20.3 Å². The van der Waals surface area contributed by atoms with Crippen molar-refractivity contribution in [1.29, 1.82) is 0 Å². The minimum atomic E-state index is -1.69. The molecule has 7 N–H and O–H groups in total. The Balaban J connectivity index is 2.12. The Labute approximate surface area is 137 Å². The van der Waals surface area contributed by atoms with E-state index in [1.165, 1.54) is 7.11 Å². The van der Waals surface area contributed by atoms with Gasteiger partial charge in [0.15, 0.2) is 12.6 Å². The zero-order valence-corrected chi connectivity index (χ0v) is 13.0. The van der Waals surface area contributed by atoms with Crippen LogP contribution in [0.25, 0.3) is 0 Å². The number of hydrogen-bond donors (Lipinski definition) is 7. The van der Waals surface area contributed by atoms with Crippen molar-refractivity contribution in [3.8, 4) is 0 Å². The summed E-state index contributed by atoms with van der Waals surface area (Å²) in [7, 11) is 1.24. The number of rotatable bonds is 5. The second kappa shape index (κ2) is 8.29. The summed E-state index contributed by atoms with van der Waals surface area (Å²) in [6.07, 6.45) is -14.3. The van der Waals surface area contributed by atoms with Crippen LogP contribution in [0.5, 0.6) is 0 Å². The van der Waals surface area contributed by atoms with Crippen LogP contribution in [0.15, 0.2) is 0 Å². The highest BCUT2D eigenvalue weighted by atomic mass is 16.7. The topological polar surface area (TPSA) is 179 Å². The van der Waals surface area contributed by atoms with Gasteiger partial charge in [0.1, 0.15) is 48.8 Å². The molecule has 0 aliphatic carbocycles. The molecule has 0 spiro atoms. The van der Waals surface area contributed by atoms with E-state index in [2.05, 4.69) is 0 Å². The van der Waals surface area contributed by atoms with Gasteiger partial charge in [0, 0.05) is 7.11 Å². The number of aliphatic hydroxyl groups is 7. The molecule has 0 aromatic carbocycles. The van der Waals surface area contributed by atoms with Gasteiger partial charge < -0.3 is 54.7 Å². The van der Waals surface area contributed by atoms with Gasteiger partial charge in [0.2, 0.25) is 0 Å². The van der Waals surface area contributed by atoms with Crippen LogP contribution in [0.2, 0.25) is 0 Å². The molecule has 0 radical (unpaired) electrons. The maximum absolute atomic E-state index is 10.2. The fourth-order valence-electron chi connectivity index (χ4n) is 2.75. The summed E-state index contributed by atoms with van der Waals surface area (Å²) in [5.41, 5.74) is 0. The fourth-order valence-corrected chi connectivity index (χ4v) is 2.75. The van der Waals surface area contributed by atoms with Gasteiger partial charge in [-0.05, 0) is 0 Å². The van der Waals surface area contributed by atoms with Crippen LogP contribution in [0.4, 0.5) is 0 Å². The molecule has 0 aromatic heterocycles. The molecule has 2 aliphatic rings. The third-order valence-corrected chi connectivity index (χ3v) is 4.19. The standard InChI is InChI=1S/C13H24O11/c1-21-12-10(20)8(18)11(5(3-15)23-12)24-13-9(19)7(17)6(16)4(2-14)22-13/h4-20H,2-3H2,1H3/t4?,5?,6-,7?,8?,9?,10?,11-,12+,13+/m1/s1. The van der Waals surface area contributed by atoms with Crippen LogP contribution < -0.4 is 0 Å². The first-order valence-electron chi connectivity index (χ1n) is 7.46. The molecule has 0 bridgehead atoms. The highest BCUT2D eigenvalue weighted by molar-refractivity contribution is 4.93. The molecule has 10 atom stereocenters. The third-order valence-electron chi connectivity index (χ3n) is 4.19. The highest BCUT2D eigenvalue weighted by Crippen LogP contribution is 2.29. The van der Waals surface area contributed by atoms with Crippen molar-refractivity contribution in [1.82, 2.24) is 0 Å². The van der Waals surface area contributed by atoms with Gasteiger partial charge >= 0.3 is 0 Å². The second-order valence-corrected chi connectivity index (χ2v) is 5.74. The van der Waals surface area contributed by atoms with Crippen molar-refractivity contribution < 1.29 is 54.7 Å². The molecule has 2 aliphatic heterocycles. The van der Waals surface area contributed by atoms with E-state index in [4.69, 9.17) is 24.1 Å². The Morgan fingerprint density at radius 1 is 0.708 bits per heavy atom. The second-order valence-electron chi connectivity index (χ2n) is 5.74. The van der Waals surface area contributed by atoms with Gasteiger partial charge in [-0.1, -0.05) is 0 Å². The molecule has 142 valence electrons. The van der Waals surface area contributed by atoms with E-state index in [9.17, 15) is 30.6 Å².